The number of rotatable bonds is 8. The Morgan fingerprint density at radius 1 is 0.719 bits per heavy atom. The maximum atomic E-state index is 14.2. The number of ether oxygens (including phenoxy) is 3. The smallest absolute Gasteiger partial charge is 0.247 e. The second kappa shape index (κ2) is 16.4. The Kier molecular flexibility index (Phi) is 10.4. The Hall–Kier alpha value is -7.35. The Balaban J connectivity index is 0.000000153. The summed E-state index contributed by atoms with van der Waals surface area (Å²) in [6, 6.07) is 25.2. The summed E-state index contributed by atoms with van der Waals surface area (Å²) in [6.45, 7) is 8.18. The molecule has 0 aliphatic carbocycles. The summed E-state index contributed by atoms with van der Waals surface area (Å²) in [7, 11) is 3.34. The van der Waals surface area contributed by atoms with Crippen molar-refractivity contribution >= 4 is 23.8 Å². The largest absolute Gasteiger partial charge is 0.495 e. The van der Waals surface area contributed by atoms with Gasteiger partial charge >= 0.3 is 0 Å². The SMILES string of the molecule is COc1cc(/C=C/C2=NOC3(C)c4ccccc4CCN23)ccc1-n1cnc(C)c1.COc1cc(/C=C/C2=NO[C@@]34c5cc(F)ccc5OC[C@@H]3CCCN24)ccc1-n1cnc(C)c1. The van der Waals surface area contributed by atoms with Gasteiger partial charge in [0.2, 0.25) is 11.4 Å². The van der Waals surface area contributed by atoms with E-state index < -0.39 is 11.4 Å². The standard InChI is InChI=1S/C26H25FN4O3.C24H24N4O2/c1-17-14-30(16-28-17)22-8-5-18(12-24(22)32-2)6-10-25-29-34-26-19(4-3-11-31(25)26)15-33-23-9-7-20(27)13-21(23)26;1-17-15-27(16-25-17)21-10-8-18(14-22(21)29-3)9-11-23-26-30-24(2)20-7-5-4-6-19(20)12-13-28(23)24/h5-10,12-14,16,19H,3-4,11,15H2,1-2H3;4-11,14-16H,12-13H2,1-3H3/b10-6+;11-9+/t19-,26+;/m0./s1. The van der Waals surface area contributed by atoms with E-state index in [1.54, 1.807) is 32.9 Å². The summed E-state index contributed by atoms with van der Waals surface area (Å²) in [5.41, 5.74) is 7.62. The van der Waals surface area contributed by atoms with Crippen LogP contribution in [-0.2, 0) is 27.5 Å². The van der Waals surface area contributed by atoms with Crippen LogP contribution in [0.4, 0.5) is 4.39 Å². The average Bonchev–Trinajstić information content (AvgIpc) is 4.13. The van der Waals surface area contributed by atoms with Gasteiger partial charge in [-0.1, -0.05) is 58.9 Å². The van der Waals surface area contributed by atoms with Crippen molar-refractivity contribution in [1.29, 1.82) is 0 Å². The molecule has 0 bridgehead atoms. The summed E-state index contributed by atoms with van der Waals surface area (Å²) in [5, 5.41) is 8.83. The van der Waals surface area contributed by atoms with E-state index >= 15 is 0 Å². The van der Waals surface area contributed by atoms with Gasteiger partial charge in [0.25, 0.3) is 0 Å². The molecule has 326 valence electrons. The summed E-state index contributed by atoms with van der Waals surface area (Å²) >= 11 is 0. The predicted molar refractivity (Wildman–Crippen MR) is 242 cm³/mol. The molecule has 3 atom stereocenters. The molecule has 7 heterocycles. The molecule has 14 heteroatoms. The fraction of sp³-hybridized carbons (Fsp3) is 0.280. The van der Waals surface area contributed by atoms with Crippen molar-refractivity contribution in [1.82, 2.24) is 28.9 Å². The molecule has 2 aromatic heterocycles. The third kappa shape index (κ3) is 7.12. The van der Waals surface area contributed by atoms with Gasteiger partial charge in [-0.3, -0.25) is 0 Å². The maximum Gasteiger partial charge on any atom is 0.247 e. The molecule has 1 spiro atoms. The first-order valence-electron chi connectivity index (χ1n) is 21.5. The van der Waals surface area contributed by atoms with E-state index in [-0.39, 0.29) is 11.7 Å². The number of aryl methyl sites for hydroxylation is 2. The van der Waals surface area contributed by atoms with E-state index in [1.165, 1.54) is 23.3 Å². The lowest BCUT2D eigenvalue weighted by Crippen LogP contribution is -2.57. The lowest BCUT2D eigenvalue weighted by Gasteiger charge is -2.48. The average molecular weight is 861 g/mol. The Bertz CT molecular complexity index is 2870. The van der Waals surface area contributed by atoms with E-state index in [2.05, 4.69) is 67.3 Å². The van der Waals surface area contributed by atoms with Crippen LogP contribution in [0.3, 0.4) is 0 Å². The third-order valence-corrected chi connectivity index (χ3v) is 12.7. The van der Waals surface area contributed by atoms with Crippen LogP contribution < -0.4 is 14.2 Å². The highest BCUT2D eigenvalue weighted by Crippen LogP contribution is 2.52. The van der Waals surface area contributed by atoms with Crippen LogP contribution in [0, 0.1) is 25.6 Å². The van der Waals surface area contributed by atoms with Gasteiger partial charge in [0.05, 0.1) is 67.7 Å². The molecule has 13 nitrogen and oxygen atoms in total. The normalized spacial score (nSPS) is 21.6. The van der Waals surface area contributed by atoms with Crippen molar-refractivity contribution in [2.45, 2.75) is 51.5 Å². The van der Waals surface area contributed by atoms with Gasteiger partial charge in [0.15, 0.2) is 11.7 Å². The van der Waals surface area contributed by atoms with Crippen LogP contribution in [0.2, 0.25) is 0 Å². The molecule has 0 radical (unpaired) electrons. The zero-order valence-corrected chi connectivity index (χ0v) is 36.4. The van der Waals surface area contributed by atoms with Crippen LogP contribution in [0.1, 0.15) is 59.0 Å². The predicted octanol–water partition coefficient (Wildman–Crippen LogP) is 8.92. The van der Waals surface area contributed by atoms with Crippen molar-refractivity contribution in [3.05, 3.63) is 161 Å². The van der Waals surface area contributed by atoms with Gasteiger partial charge in [-0.25, -0.2) is 14.4 Å². The molecule has 1 fully saturated rings. The number of hydrogen-bond donors (Lipinski definition) is 0. The quantitative estimate of drug-likeness (QED) is 0.148. The molecule has 4 aromatic carbocycles. The minimum atomic E-state index is -0.825. The number of piperidine rings is 1. The number of halogens is 1. The minimum Gasteiger partial charge on any atom is -0.495 e. The van der Waals surface area contributed by atoms with E-state index in [0.29, 0.717) is 17.9 Å². The monoisotopic (exact) mass is 860 g/mol. The Morgan fingerprint density at radius 2 is 1.36 bits per heavy atom. The van der Waals surface area contributed by atoms with Crippen LogP contribution in [0.25, 0.3) is 23.5 Å². The van der Waals surface area contributed by atoms with Gasteiger partial charge in [-0.2, -0.15) is 0 Å². The number of hydrogen-bond acceptors (Lipinski definition) is 11. The first kappa shape index (κ1) is 40.7. The number of fused-ring (bicyclic) bond motifs is 4. The molecule has 11 rings (SSSR count). The highest BCUT2D eigenvalue weighted by atomic mass is 19.1. The molecular formula is C50H49FN8O5. The second-order valence-corrected chi connectivity index (χ2v) is 16.6. The molecule has 0 saturated carbocycles. The fourth-order valence-electron chi connectivity index (χ4n) is 9.47. The maximum absolute atomic E-state index is 14.2. The highest BCUT2D eigenvalue weighted by molar-refractivity contribution is 5.98. The number of imidazole rings is 2. The van der Waals surface area contributed by atoms with Gasteiger partial charge in [0, 0.05) is 38.0 Å². The second-order valence-electron chi connectivity index (χ2n) is 16.6. The molecular weight excluding hydrogens is 812 g/mol. The minimum absolute atomic E-state index is 0.0724. The summed E-state index contributed by atoms with van der Waals surface area (Å²) < 4.78 is 35.3. The highest BCUT2D eigenvalue weighted by Gasteiger charge is 2.58. The van der Waals surface area contributed by atoms with E-state index in [4.69, 9.17) is 23.9 Å². The molecule has 6 aromatic rings. The number of methoxy groups -OCH3 is 2. The number of nitrogens with zero attached hydrogens (tertiary/aromatic N) is 8. The van der Waals surface area contributed by atoms with E-state index in [0.717, 1.165) is 89.4 Å². The number of benzene rings is 4. The van der Waals surface area contributed by atoms with Crippen molar-refractivity contribution in [2.75, 3.05) is 33.9 Å². The van der Waals surface area contributed by atoms with Crippen LogP contribution in [0.15, 0.2) is 126 Å². The van der Waals surface area contributed by atoms with E-state index in [9.17, 15) is 4.39 Å². The lowest BCUT2D eigenvalue weighted by molar-refractivity contribution is -0.183. The first-order valence-corrected chi connectivity index (χ1v) is 21.5. The molecule has 5 aliphatic rings. The zero-order chi connectivity index (χ0) is 44.0. The van der Waals surface area contributed by atoms with Crippen molar-refractivity contribution in [3.63, 3.8) is 0 Å². The number of amidine groups is 2. The van der Waals surface area contributed by atoms with Crippen LogP contribution in [-0.4, -0.2) is 74.5 Å². The van der Waals surface area contributed by atoms with Crippen LogP contribution >= 0.6 is 0 Å². The van der Waals surface area contributed by atoms with Gasteiger partial charge in [-0.05, 0) is 104 Å². The Labute approximate surface area is 371 Å². The molecule has 0 N–H and O–H groups in total. The molecule has 1 unspecified atom stereocenters. The fourth-order valence-corrected chi connectivity index (χ4v) is 9.47. The van der Waals surface area contributed by atoms with Gasteiger partial charge in [-0.15, -0.1) is 0 Å². The van der Waals surface area contributed by atoms with Gasteiger partial charge in [0.1, 0.15) is 23.1 Å². The summed E-state index contributed by atoms with van der Waals surface area (Å²) in [5.74, 6) is 3.50. The van der Waals surface area contributed by atoms with Crippen molar-refractivity contribution in [2.24, 2.45) is 16.2 Å². The third-order valence-electron chi connectivity index (χ3n) is 12.7. The number of oxime groups is 2. The van der Waals surface area contributed by atoms with Crippen LogP contribution in [0.5, 0.6) is 17.2 Å². The first-order chi connectivity index (χ1) is 31.2. The van der Waals surface area contributed by atoms with Crippen molar-refractivity contribution < 1.29 is 28.3 Å². The van der Waals surface area contributed by atoms with Crippen molar-refractivity contribution in [3.8, 4) is 28.6 Å². The Morgan fingerprint density at radius 3 is 2.00 bits per heavy atom. The lowest BCUT2D eigenvalue weighted by atomic mass is 9.79. The molecule has 1 saturated heterocycles. The summed E-state index contributed by atoms with van der Waals surface area (Å²) in [6.07, 6.45) is 18.4. The van der Waals surface area contributed by atoms with E-state index in [1.807, 2.05) is 90.0 Å². The molecule has 5 aliphatic heterocycles. The molecule has 0 amide bonds. The number of aromatic nitrogens is 4. The molecule has 64 heavy (non-hydrogen) atoms. The van der Waals surface area contributed by atoms with Gasteiger partial charge < -0.3 is 42.8 Å². The zero-order valence-electron chi connectivity index (χ0n) is 36.4. The topological polar surface area (TPSA) is 113 Å². The summed E-state index contributed by atoms with van der Waals surface area (Å²) in [4.78, 5) is 25.0.